The van der Waals surface area contributed by atoms with Crippen LogP contribution < -0.4 is 4.74 Å². The molecule has 2 aromatic heterocycles. The highest BCUT2D eigenvalue weighted by molar-refractivity contribution is 5.89. The molecule has 0 saturated carbocycles. The zero-order chi connectivity index (χ0) is 14.7. The van der Waals surface area contributed by atoms with Gasteiger partial charge in [0.15, 0.2) is 0 Å². The van der Waals surface area contributed by atoms with Crippen molar-refractivity contribution in [3.63, 3.8) is 0 Å². The van der Waals surface area contributed by atoms with E-state index in [1.807, 2.05) is 0 Å². The molecule has 0 aromatic carbocycles. The minimum atomic E-state index is -1.45. The molecule has 0 amide bonds. The fourth-order valence-electron chi connectivity index (χ4n) is 1.60. The molecule has 2 heterocycles. The Morgan fingerprint density at radius 1 is 1.55 bits per heavy atom. The number of nitro groups is 1. The van der Waals surface area contributed by atoms with Crippen LogP contribution in [0.5, 0.6) is 5.88 Å². The minimum absolute atomic E-state index is 0.102. The zero-order valence-electron chi connectivity index (χ0n) is 10.4. The van der Waals surface area contributed by atoms with Gasteiger partial charge in [-0.3, -0.25) is 14.8 Å². The van der Waals surface area contributed by atoms with Crippen molar-refractivity contribution < 1.29 is 19.6 Å². The predicted octanol–water partition coefficient (Wildman–Crippen LogP) is 0.941. The maximum atomic E-state index is 10.9. The Balaban J connectivity index is 2.31. The van der Waals surface area contributed by atoms with Crippen LogP contribution in [0.4, 0.5) is 5.69 Å². The third-order valence-electron chi connectivity index (χ3n) is 2.46. The summed E-state index contributed by atoms with van der Waals surface area (Å²) in [6.45, 7) is 0.102. The Morgan fingerprint density at radius 3 is 2.85 bits per heavy atom. The molecule has 0 bridgehead atoms. The summed E-state index contributed by atoms with van der Waals surface area (Å²) in [6, 6.07) is 5.03. The predicted molar refractivity (Wildman–Crippen MR) is 65.7 cm³/mol. The van der Waals surface area contributed by atoms with Crippen LogP contribution >= 0.6 is 0 Å². The number of carboxylic acids is 1. The molecule has 0 atom stereocenters. The van der Waals surface area contributed by atoms with Crippen LogP contribution in [0.3, 0.4) is 0 Å². The molecule has 9 heteroatoms. The third-order valence-corrected chi connectivity index (χ3v) is 2.46. The number of ether oxygens (including phenoxy) is 1. The van der Waals surface area contributed by atoms with Crippen LogP contribution in [0.15, 0.2) is 24.4 Å². The number of carboxylic acid groups (broad SMARTS) is 1. The van der Waals surface area contributed by atoms with Gasteiger partial charge in [0, 0.05) is 6.07 Å². The van der Waals surface area contributed by atoms with Crippen LogP contribution in [0.25, 0.3) is 0 Å². The van der Waals surface area contributed by atoms with Crippen molar-refractivity contribution in [1.29, 1.82) is 0 Å². The molecule has 0 radical (unpaired) electrons. The van der Waals surface area contributed by atoms with E-state index in [9.17, 15) is 14.9 Å². The normalized spacial score (nSPS) is 10.2. The first kappa shape index (κ1) is 13.5. The molecule has 1 N–H and O–H groups in total. The number of hydrogen-bond acceptors (Lipinski definition) is 6. The summed E-state index contributed by atoms with van der Waals surface area (Å²) in [5.74, 6) is -1.06. The molecule has 9 nitrogen and oxygen atoms in total. The van der Waals surface area contributed by atoms with Crippen molar-refractivity contribution in [3.05, 3.63) is 45.9 Å². The van der Waals surface area contributed by atoms with Crippen LogP contribution in [0.2, 0.25) is 0 Å². The Hall–Kier alpha value is -2.97. The summed E-state index contributed by atoms with van der Waals surface area (Å²) >= 11 is 0. The number of hydrogen-bond donors (Lipinski definition) is 1. The molecule has 0 aliphatic carbocycles. The fraction of sp³-hybridized carbons (Fsp3) is 0.182. The molecule has 0 fully saturated rings. The lowest BCUT2D eigenvalue weighted by Gasteiger charge is -2.03. The molecule has 2 aromatic rings. The largest absolute Gasteiger partial charge is 0.481 e. The van der Waals surface area contributed by atoms with E-state index in [-0.39, 0.29) is 6.54 Å². The number of pyridine rings is 1. The van der Waals surface area contributed by atoms with E-state index in [1.165, 1.54) is 7.11 Å². The van der Waals surface area contributed by atoms with Gasteiger partial charge in [-0.25, -0.2) is 9.78 Å². The van der Waals surface area contributed by atoms with Crippen molar-refractivity contribution in [3.8, 4) is 5.88 Å². The lowest BCUT2D eigenvalue weighted by atomic mass is 10.3. The van der Waals surface area contributed by atoms with Crippen LogP contribution in [0.1, 0.15) is 16.2 Å². The van der Waals surface area contributed by atoms with Gasteiger partial charge in [0.25, 0.3) is 0 Å². The average Bonchev–Trinajstić information content (AvgIpc) is 2.83. The second-order valence-corrected chi connectivity index (χ2v) is 3.79. The van der Waals surface area contributed by atoms with Gasteiger partial charge in [-0.15, -0.1) is 0 Å². The van der Waals surface area contributed by atoms with Crippen LogP contribution in [-0.2, 0) is 6.54 Å². The van der Waals surface area contributed by atoms with Crippen LogP contribution in [0, 0.1) is 10.1 Å². The van der Waals surface area contributed by atoms with Gasteiger partial charge >= 0.3 is 11.7 Å². The van der Waals surface area contributed by atoms with Gasteiger partial charge in [0.05, 0.1) is 24.3 Å². The molecular formula is C11H10N4O5. The number of rotatable bonds is 5. The smallest absolute Gasteiger partial charge is 0.363 e. The highest BCUT2D eigenvalue weighted by Gasteiger charge is 2.25. The molecule has 104 valence electrons. The summed E-state index contributed by atoms with van der Waals surface area (Å²) in [4.78, 5) is 25.0. The highest BCUT2D eigenvalue weighted by Crippen LogP contribution is 2.17. The maximum absolute atomic E-state index is 10.9. The van der Waals surface area contributed by atoms with E-state index in [0.717, 1.165) is 10.9 Å². The number of carbonyl (C=O) groups is 1. The average molecular weight is 278 g/mol. The van der Waals surface area contributed by atoms with Gasteiger partial charge in [-0.05, 0) is 6.07 Å². The van der Waals surface area contributed by atoms with Crippen LogP contribution in [-0.4, -0.2) is 37.9 Å². The number of aromatic nitrogens is 3. The standard InChI is InChI=1S/C11H10N4O5/c1-20-9-4-2-3-7(12-9)5-14-6-8(15(18)19)10(13-14)11(16)17/h2-4,6H,5H2,1H3,(H,16,17). The first-order valence-electron chi connectivity index (χ1n) is 5.46. The quantitative estimate of drug-likeness (QED) is 0.638. The van der Waals surface area contributed by atoms with E-state index in [2.05, 4.69) is 10.1 Å². The topological polar surface area (TPSA) is 120 Å². The van der Waals surface area contributed by atoms with Crippen molar-refractivity contribution in [1.82, 2.24) is 14.8 Å². The van der Waals surface area contributed by atoms with Gasteiger partial charge in [-0.1, -0.05) is 6.07 Å². The van der Waals surface area contributed by atoms with Crippen molar-refractivity contribution in [2.24, 2.45) is 0 Å². The van der Waals surface area contributed by atoms with E-state index in [0.29, 0.717) is 11.6 Å². The third kappa shape index (κ3) is 2.71. The lowest BCUT2D eigenvalue weighted by molar-refractivity contribution is -0.385. The van der Waals surface area contributed by atoms with Crippen molar-refractivity contribution in [2.75, 3.05) is 7.11 Å². The molecule has 0 saturated heterocycles. The van der Waals surface area contributed by atoms with E-state index < -0.39 is 22.3 Å². The first-order chi connectivity index (χ1) is 9.51. The Bertz CT molecular complexity index is 635. The van der Waals surface area contributed by atoms with E-state index in [1.54, 1.807) is 18.2 Å². The van der Waals surface area contributed by atoms with E-state index in [4.69, 9.17) is 9.84 Å². The molecule has 0 unspecified atom stereocenters. The van der Waals surface area contributed by atoms with Crippen molar-refractivity contribution >= 4 is 11.7 Å². The SMILES string of the molecule is COc1cccc(Cn2cc([N+](=O)[O-])c(C(=O)O)n2)n1. The van der Waals surface area contributed by atoms with E-state index >= 15 is 0 Å². The fourth-order valence-corrected chi connectivity index (χ4v) is 1.60. The molecule has 0 aliphatic rings. The monoisotopic (exact) mass is 278 g/mol. The van der Waals surface area contributed by atoms with Crippen molar-refractivity contribution in [2.45, 2.75) is 6.54 Å². The zero-order valence-corrected chi connectivity index (χ0v) is 10.4. The second kappa shape index (κ2) is 5.34. The molecule has 0 aliphatic heterocycles. The molecular weight excluding hydrogens is 268 g/mol. The summed E-state index contributed by atoms with van der Waals surface area (Å²) in [7, 11) is 1.47. The lowest BCUT2D eigenvalue weighted by Crippen LogP contribution is -2.05. The summed E-state index contributed by atoms with van der Waals surface area (Å²) in [5, 5.41) is 23.3. The van der Waals surface area contributed by atoms with Gasteiger partial charge in [-0.2, -0.15) is 5.10 Å². The van der Waals surface area contributed by atoms with Gasteiger partial charge in [0.1, 0.15) is 6.20 Å². The Labute approximate surface area is 112 Å². The maximum Gasteiger partial charge on any atom is 0.363 e. The Morgan fingerprint density at radius 2 is 2.30 bits per heavy atom. The molecule has 0 spiro atoms. The molecule has 2 rings (SSSR count). The summed E-state index contributed by atoms with van der Waals surface area (Å²) < 4.78 is 6.11. The van der Waals surface area contributed by atoms with Gasteiger partial charge in [0.2, 0.25) is 11.6 Å². The summed E-state index contributed by atoms with van der Waals surface area (Å²) in [5.41, 5.74) is -0.614. The Kier molecular flexibility index (Phi) is 3.60. The second-order valence-electron chi connectivity index (χ2n) is 3.79. The summed E-state index contributed by atoms with van der Waals surface area (Å²) in [6.07, 6.45) is 1.06. The number of methoxy groups -OCH3 is 1. The molecule has 20 heavy (non-hydrogen) atoms. The number of aromatic carboxylic acids is 1. The minimum Gasteiger partial charge on any atom is -0.481 e. The first-order valence-corrected chi connectivity index (χ1v) is 5.46. The number of nitrogens with zero attached hydrogens (tertiary/aromatic N) is 4. The highest BCUT2D eigenvalue weighted by atomic mass is 16.6. The van der Waals surface area contributed by atoms with Gasteiger partial charge < -0.3 is 9.84 Å².